The summed E-state index contributed by atoms with van der Waals surface area (Å²) in [5, 5.41) is 12.9. The highest BCUT2D eigenvalue weighted by molar-refractivity contribution is 14.1. The van der Waals surface area contributed by atoms with Crippen molar-refractivity contribution in [3.8, 4) is 23.0 Å². The fourth-order valence-electron chi connectivity index (χ4n) is 3.09. The molecule has 0 aliphatic carbocycles. The minimum absolute atomic E-state index is 0.319. The molecule has 2 N–H and O–H groups in total. The number of halogens is 1. The molecule has 3 rings (SSSR count). The lowest BCUT2D eigenvalue weighted by atomic mass is 10.2. The Labute approximate surface area is 222 Å². The van der Waals surface area contributed by atoms with E-state index < -0.39 is 18.5 Å². The lowest BCUT2D eigenvalue weighted by Gasteiger charge is -2.13. The standard InChI is InChI=1S/C26H25IN2O7/c1-3-34-22-13-19(9-10-21(22)35-15-17-7-5-4-6-8-17)26(32)29-28-14-18-11-20(27)25(23(12-18)33-2)36-16-24(30)31/h4-14H,3,15-16H2,1-2H3,(H,29,32)(H,30,31)/b28-14+. The molecule has 0 saturated carbocycles. The van der Waals surface area contributed by atoms with E-state index in [1.165, 1.54) is 13.3 Å². The second-order valence-electron chi connectivity index (χ2n) is 7.28. The predicted octanol–water partition coefficient (Wildman–Crippen LogP) is 4.50. The van der Waals surface area contributed by atoms with Gasteiger partial charge in [0.15, 0.2) is 29.6 Å². The molecule has 1 amide bonds. The molecule has 0 aliphatic heterocycles. The average Bonchev–Trinajstić information content (AvgIpc) is 2.87. The van der Waals surface area contributed by atoms with Crippen LogP contribution < -0.4 is 24.4 Å². The highest BCUT2D eigenvalue weighted by atomic mass is 127. The topological polar surface area (TPSA) is 116 Å². The third kappa shape index (κ3) is 7.60. The number of carbonyl (C=O) groups is 2. The molecule has 188 valence electrons. The zero-order valence-electron chi connectivity index (χ0n) is 19.7. The highest BCUT2D eigenvalue weighted by Gasteiger charge is 2.14. The molecule has 0 radical (unpaired) electrons. The van der Waals surface area contributed by atoms with Crippen molar-refractivity contribution in [2.45, 2.75) is 13.5 Å². The molecule has 0 fully saturated rings. The third-order valence-corrected chi connectivity index (χ3v) is 5.52. The first-order valence-electron chi connectivity index (χ1n) is 10.9. The Balaban J connectivity index is 1.68. The van der Waals surface area contributed by atoms with Crippen LogP contribution in [-0.4, -0.2) is 43.5 Å². The number of aliphatic carboxylic acids is 1. The van der Waals surface area contributed by atoms with Crippen molar-refractivity contribution in [2.24, 2.45) is 5.10 Å². The van der Waals surface area contributed by atoms with Crippen molar-refractivity contribution >= 4 is 40.7 Å². The second kappa shape index (κ2) is 13.3. The summed E-state index contributed by atoms with van der Waals surface area (Å²) >= 11 is 2.01. The van der Waals surface area contributed by atoms with Crippen LogP contribution in [0.1, 0.15) is 28.4 Å². The number of carboxylic acids is 1. The Morgan fingerprint density at radius 2 is 1.78 bits per heavy atom. The summed E-state index contributed by atoms with van der Waals surface area (Å²) in [5.41, 5.74) is 4.48. The number of carbonyl (C=O) groups excluding carboxylic acids is 1. The third-order valence-electron chi connectivity index (χ3n) is 4.71. The van der Waals surface area contributed by atoms with Gasteiger partial charge in [-0.15, -0.1) is 0 Å². The molecule has 0 aliphatic rings. The Bertz CT molecular complexity index is 1230. The monoisotopic (exact) mass is 604 g/mol. The van der Waals surface area contributed by atoms with E-state index in [9.17, 15) is 9.59 Å². The first kappa shape index (κ1) is 26.8. The van der Waals surface area contributed by atoms with Gasteiger partial charge in [-0.1, -0.05) is 30.3 Å². The van der Waals surface area contributed by atoms with E-state index in [0.29, 0.717) is 50.9 Å². The van der Waals surface area contributed by atoms with Crippen LogP contribution in [0.4, 0.5) is 0 Å². The lowest BCUT2D eigenvalue weighted by Crippen LogP contribution is -2.18. The number of hydrazone groups is 1. The van der Waals surface area contributed by atoms with Gasteiger partial charge in [0.25, 0.3) is 5.91 Å². The number of benzene rings is 3. The zero-order valence-corrected chi connectivity index (χ0v) is 21.9. The maximum Gasteiger partial charge on any atom is 0.341 e. The number of nitrogens with zero attached hydrogens (tertiary/aromatic N) is 1. The maximum atomic E-state index is 12.7. The van der Waals surface area contributed by atoms with Crippen LogP contribution in [0, 0.1) is 3.57 Å². The van der Waals surface area contributed by atoms with Crippen LogP contribution in [-0.2, 0) is 11.4 Å². The van der Waals surface area contributed by atoms with Gasteiger partial charge in [0.1, 0.15) is 6.61 Å². The number of nitrogens with one attached hydrogen (secondary N) is 1. The van der Waals surface area contributed by atoms with Gasteiger partial charge in [-0.05, 0) is 71.0 Å². The molecular weight excluding hydrogens is 579 g/mol. The number of hydrogen-bond acceptors (Lipinski definition) is 7. The minimum Gasteiger partial charge on any atom is -0.493 e. The van der Waals surface area contributed by atoms with E-state index >= 15 is 0 Å². The van der Waals surface area contributed by atoms with Crippen LogP contribution in [0.15, 0.2) is 65.8 Å². The Morgan fingerprint density at radius 3 is 2.47 bits per heavy atom. The van der Waals surface area contributed by atoms with Gasteiger partial charge in [0.2, 0.25) is 0 Å². The van der Waals surface area contributed by atoms with Crippen molar-refractivity contribution in [2.75, 3.05) is 20.3 Å². The number of carboxylic acid groups (broad SMARTS) is 1. The molecule has 10 heteroatoms. The Morgan fingerprint density at radius 1 is 1.00 bits per heavy atom. The van der Waals surface area contributed by atoms with Gasteiger partial charge >= 0.3 is 5.97 Å². The molecule has 36 heavy (non-hydrogen) atoms. The molecule has 0 aromatic heterocycles. The largest absolute Gasteiger partial charge is 0.493 e. The van der Waals surface area contributed by atoms with E-state index in [1.807, 2.05) is 59.8 Å². The summed E-state index contributed by atoms with van der Waals surface area (Å²) in [5.74, 6) is 0.145. The summed E-state index contributed by atoms with van der Waals surface area (Å²) in [7, 11) is 1.45. The van der Waals surface area contributed by atoms with Crippen LogP contribution in [0.5, 0.6) is 23.0 Å². The first-order valence-corrected chi connectivity index (χ1v) is 12.0. The molecule has 9 nitrogen and oxygen atoms in total. The number of methoxy groups -OCH3 is 1. The number of rotatable bonds is 12. The van der Waals surface area contributed by atoms with Crippen LogP contribution in [0.2, 0.25) is 0 Å². The van der Waals surface area contributed by atoms with Crippen molar-refractivity contribution in [3.63, 3.8) is 0 Å². The average molecular weight is 604 g/mol. The van der Waals surface area contributed by atoms with Gasteiger partial charge in [-0.2, -0.15) is 5.10 Å². The van der Waals surface area contributed by atoms with Crippen molar-refractivity contribution in [3.05, 3.63) is 80.9 Å². The van der Waals surface area contributed by atoms with E-state index in [0.717, 1.165) is 5.56 Å². The second-order valence-corrected chi connectivity index (χ2v) is 8.45. The molecule has 0 spiro atoms. The summed E-state index contributed by atoms with van der Waals surface area (Å²) in [4.78, 5) is 23.4. The molecule has 0 bridgehead atoms. The number of amides is 1. The van der Waals surface area contributed by atoms with Crippen LogP contribution >= 0.6 is 22.6 Å². The van der Waals surface area contributed by atoms with Crippen molar-refractivity contribution in [1.82, 2.24) is 5.43 Å². The lowest BCUT2D eigenvalue weighted by molar-refractivity contribution is -0.139. The fraction of sp³-hybridized carbons (Fsp3) is 0.192. The van der Waals surface area contributed by atoms with E-state index in [-0.39, 0.29) is 0 Å². The molecule has 0 unspecified atom stereocenters. The predicted molar refractivity (Wildman–Crippen MR) is 142 cm³/mol. The molecule has 3 aromatic carbocycles. The summed E-state index contributed by atoms with van der Waals surface area (Å²) in [6, 6.07) is 18.0. The van der Waals surface area contributed by atoms with E-state index in [1.54, 1.807) is 30.3 Å². The Kier molecular flexibility index (Phi) is 9.92. The molecule has 0 saturated heterocycles. The molecular formula is C26H25IN2O7. The van der Waals surface area contributed by atoms with E-state index in [2.05, 4.69) is 10.5 Å². The van der Waals surface area contributed by atoms with Crippen molar-refractivity contribution < 1.29 is 33.6 Å². The van der Waals surface area contributed by atoms with Gasteiger partial charge in [-0.25, -0.2) is 10.2 Å². The minimum atomic E-state index is -1.09. The van der Waals surface area contributed by atoms with Gasteiger partial charge < -0.3 is 24.1 Å². The van der Waals surface area contributed by atoms with Crippen LogP contribution in [0.3, 0.4) is 0 Å². The summed E-state index contributed by atoms with van der Waals surface area (Å²) in [6.07, 6.45) is 1.45. The number of ether oxygens (including phenoxy) is 4. The van der Waals surface area contributed by atoms with Gasteiger partial charge in [0, 0.05) is 5.56 Å². The first-order chi connectivity index (χ1) is 17.4. The Hall–Kier alpha value is -3.80. The normalized spacial score (nSPS) is 10.6. The quantitative estimate of drug-likeness (QED) is 0.178. The van der Waals surface area contributed by atoms with Crippen LogP contribution in [0.25, 0.3) is 0 Å². The molecule has 0 heterocycles. The fourth-order valence-corrected chi connectivity index (χ4v) is 3.87. The maximum absolute atomic E-state index is 12.7. The summed E-state index contributed by atoms with van der Waals surface area (Å²) < 4.78 is 22.8. The van der Waals surface area contributed by atoms with Gasteiger partial charge in [0.05, 0.1) is 23.5 Å². The molecule has 3 aromatic rings. The zero-order chi connectivity index (χ0) is 25.9. The SMILES string of the molecule is CCOc1cc(C(=O)N/N=C/c2cc(I)c(OCC(=O)O)c(OC)c2)ccc1OCc1ccccc1. The summed E-state index contributed by atoms with van der Waals surface area (Å²) in [6.45, 7) is 2.15. The smallest absolute Gasteiger partial charge is 0.341 e. The highest BCUT2D eigenvalue weighted by Crippen LogP contribution is 2.33. The number of hydrogen-bond donors (Lipinski definition) is 2. The van der Waals surface area contributed by atoms with E-state index in [4.69, 9.17) is 24.1 Å². The molecule has 0 atom stereocenters. The van der Waals surface area contributed by atoms with Crippen molar-refractivity contribution in [1.29, 1.82) is 0 Å². The van der Waals surface area contributed by atoms with Gasteiger partial charge in [-0.3, -0.25) is 4.79 Å².